The average Bonchev–Trinajstić information content (AvgIpc) is 2.67. The number of phenols is 1. The summed E-state index contributed by atoms with van der Waals surface area (Å²) in [5.41, 5.74) is 0.796. The van der Waals surface area contributed by atoms with Crippen LogP contribution in [0.5, 0.6) is 5.75 Å². The van der Waals surface area contributed by atoms with Crippen molar-refractivity contribution in [2.24, 2.45) is 0 Å². The standard InChI is InChI=1S/C22H34O3.CHN/c1-2-3-4-5-6-7-8-9-10-11-12-13-14-16-19-17-15-18-20(23)21(19)22(24)25;1-2/h7-8,15,17-18,23H,2-6,9-14,16H2,1H3,(H,24,25);1H/b8-7-;. The number of carbonyl (C=O) groups is 1. The Labute approximate surface area is 164 Å². The number of hydrogen-bond acceptors (Lipinski definition) is 3. The van der Waals surface area contributed by atoms with Gasteiger partial charge in [-0.15, -0.1) is 0 Å². The summed E-state index contributed by atoms with van der Waals surface area (Å²) < 4.78 is 0. The molecule has 0 aromatic heterocycles. The summed E-state index contributed by atoms with van der Waals surface area (Å²) in [5, 5.41) is 25.4. The first-order valence-electron chi connectivity index (χ1n) is 10.1. The molecule has 27 heavy (non-hydrogen) atoms. The number of rotatable bonds is 14. The molecule has 2 N–H and O–H groups in total. The molecule has 1 aromatic rings. The molecule has 0 unspecified atom stereocenters. The van der Waals surface area contributed by atoms with Crippen LogP contribution in [-0.2, 0) is 6.42 Å². The quantitative estimate of drug-likeness (QED) is 0.283. The number of allylic oxidation sites excluding steroid dienone is 2. The normalized spacial score (nSPS) is 10.5. The van der Waals surface area contributed by atoms with Crippen LogP contribution in [0.2, 0.25) is 0 Å². The molecule has 4 heteroatoms. The monoisotopic (exact) mass is 373 g/mol. The molecule has 150 valence electrons. The van der Waals surface area contributed by atoms with Crippen LogP contribution in [0.1, 0.15) is 93.5 Å². The Balaban J connectivity index is 0.00000326. The van der Waals surface area contributed by atoms with Gasteiger partial charge in [0.2, 0.25) is 0 Å². The van der Waals surface area contributed by atoms with Gasteiger partial charge in [0, 0.05) is 6.57 Å². The van der Waals surface area contributed by atoms with Gasteiger partial charge in [0.1, 0.15) is 11.3 Å². The SMILES string of the molecule is C#N.CCCCCC/C=C\CCCCCCCc1cccc(O)c1C(=O)O. The van der Waals surface area contributed by atoms with Gasteiger partial charge in [-0.05, 0) is 50.2 Å². The smallest absolute Gasteiger partial charge is 0.339 e. The number of carboxylic acid groups (broad SMARTS) is 1. The van der Waals surface area contributed by atoms with Crippen molar-refractivity contribution in [2.75, 3.05) is 0 Å². The zero-order valence-corrected chi connectivity index (χ0v) is 16.7. The lowest BCUT2D eigenvalue weighted by atomic mass is 9.99. The van der Waals surface area contributed by atoms with Gasteiger partial charge < -0.3 is 10.2 Å². The Morgan fingerprint density at radius 2 is 1.52 bits per heavy atom. The van der Waals surface area contributed by atoms with Gasteiger partial charge in [-0.25, -0.2) is 10.1 Å². The first-order chi connectivity index (χ1) is 13.2. The van der Waals surface area contributed by atoms with Crippen LogP contribution in [0, 0.1) is 11.8 Å². The second-order valence-electron chi connectivity index (χ2n) is 6.74. The zero-order valence-electron chi connectivity index (χ0n) is 16.7. The van der Waals surface area contributed by atoms with E-state index in [1.54, 1.807) is 12.1 Å². The number of nitriles is 1. The zero-order chi connectivity index (χ0) is 20.3. The van der Waals surface area contributed by atoms with Gasteiger partial charge in [-0.2, -0.15) is 0 Å². The Morgan fingerprint density at radius 3 is 2.11 bits per heavy atom. The van der Waals surface area contributed by atoms with Crippen molar-refractivity contribution in [3.05, 3.63) is 41.5 Å². The highest BCUT2D eigenvalue weighted by atomic mass is 16.4. The van der Waals surface area contributed by atoms with E-state index in [2.05, 4.69) is 25.6 Å². The van der Waals surface area contributed by atoms with Crippen molar-refractivity contribution in [3.63, 3.8) is 0 Å². The maximum absolute atomic E-state index is 11.2. The second kappa shape index (κ2) is 17.1. The summed E-state index contributed by atoms with van der Waals surface area (Å²) in [6, 6.07) is 4.95. The van der Waals surface area contributed by atoms with E-state index in [1.807, 2.05) is 0 Å². The highest BCUT2D eigenvalue weighted by Gasteiger charge is 2.14. The van der Waals surface area contributed by atoms with E-state index < -0.39 is 5.97 Å². The Morgan fingerprint density at radius 1 is 0.963 bits per heavy atom. The van der Waals surface area contributed by atoms with E-state index in [0.717, 1.165) is 18.4 Å². The fourth-order valence-electron chi connectivity index (χ4n) is 3.07. The lowest BCUT2D eigenvalue weighted by molar-refractivity contribution is 0.0692. The van der Waals surface area contributed by atoms with Gasteiger partial charge in [-0.3, -0.25) is 0 Å². The number of aromatic carboxylic acids is 1. The molecular formula is C23H35NO3. The Hall–Kier alpha value is -2.28. The first-order valence-corrected chi connectivity index (χ1v) is 10.1. The second-order valence-corrected chi connectivity index (χ2v) is 6.74. The summed E-state index contributed by atoms with van der Waals surface area (Å²) >= 11 is 0. The van der Waals surface area contributed by atoms with Gasteiger partial charge in [0.15, 0.2) is 0 Å². The van der Waals surface area contributed by atoms with Crippen molar-refractivity contribution < 1.29 is 15.0 Å². The van der Waals surface area contributed by atoms with Crippen LogP contribution in [0.4, 0.5) is 0 Å². The summed E-state index contributed by atoms with van der Waals surface area (Å²) in [5.74, 6) is -1.18. The van der Waals surface area contributed by atoms with E-state index in [0.29, 0.717) is 6.42 Å². The molecule has 0 bridgehead atoms. The maximum atomic E-state index is 11.2. The largest absolute Gasteiger partial charge is 0.507 e. The van der Waals surface area contributed by atoms with Crippen LogP contribution in [0.15, 0.2) is 30.4 Å². The molecule has 0 aliphatic carbocycles. The third-order valence-corrected chi connectivity index (χ3v) is 4.55. The average molecular weight is 374 g/mol. The predicted molar refractivity (Wildman–Crippen MR) is 111 cm³/mol. The third-order valence-electron chi connectivity index (χ3n) is 4.55. The number of hydrogen-bond donors (Lipinski definition) is 2. The molecule has 0 saturated carbocycles. The number of carboxylic acids is 1. The van der Waals surface area contributed by atoms with Crippen LogP contribution in [0.3, 0.4) is 0 Å². The van der Waals surface area contributed by atoms with E-state index >= 15 is 0 Å². The van der Waals surface area contributed by atoms with Crippen LogP contribution < -0.4 is 0 Å². The molecule has 1 rings (SSSR count). The molecule has 0 aliphatic rings. The van der Waals surface area contributed by atoms with Gasteiger partial charge in [-0.1, -0.05) is 69.7 Å². The van der Waals surface area contributed by atoms with Crippen molar-refractivity contribution in [3.8, 4) is 12.3 Å². The number of unbranched alkanes of at least 4 members (excludes halogenated alkanes) is 9. The highest BCUT2D eigenvalue weighted by Crippen LogP contribution is 2.23. The van der Waals surface area contributed by atoms with Gasteiger partial charge >= 0.3 is 5.97 Å². The minimum Gasteiger partial charge on any atom is -0.507 e. The Kier molecular flexibility index (Phi) is 15.7. The molecule has 0 aliphatic heterocycles. The highest BCUT2D eigenvalue weighted by molar-refractivity contribution is 5.92. The summed E-state index contributed by atoms with van der Waals surface area (Å²) in [4.78, 5) is 11.2. The third kappa shape index (κ3) is 11.9. The van der Waals surface area contributed by atoms with E-state index in [9.17, 15) is 15.0 Å². The molecule has 0 fully saturated rings. The topological polar surface area (TPSA) is 81.3 Å². The first kappa shape index (κ1) is 24.7. The minimum atomic E-state index is -1.05. The number of nitrogens with zero attached hydrogens (tertiary/aromatic N) is 1. The van der Waals surface area contributed by atoms with Crippen molar-refractivity contribution >= 4 is 5.97 Å². The molecule has 4 nitrogen and oxygen atoms in total. The minimum absolute atomic E-state index is 0.0616. The van der Waals surface area contributed by atoms with Gasteiger partial charge in [0.25, 0.3) is 0 Å². The fraction of sp³-hybridized carbons (Fsp3) is 0.565. The Bertz CT molecular complexity index is 564. The molecule has 0 radical (unpaired) electrons. The summed E-state index contributed by atoms with van der Waals surface area (Å²) in [6.45, 7) is 5.74. The molecule has 0 atom stereocenters. The van der Waals surface area contributed by atoms with Gasteiger partial charge in [0.05, 0.1) is 0 Å². The fourth-order valence-corrected chi connectivity index (χ4v) is 3.07. The summed E-state index contributed by atoms with van der Waals surface area (Å²) in [7, 11) is 0. The van der Waals surface area contributed by atoms with Crippen LogP contribution in [0.25, 0.3) is 0 Å². The number of benzene rings is 1. The predicted octanol–water partition coefficient (Wildman–Crippen LogP) is 6.64. The molecule has 0 spiro atoms. The van der Waals surface area contributed by atoms with Crippen LogP contribution >= 0.6 is 0 Å². The summed E-state index contributed by atoms with van der Waals surface area (Å²) in [6.07, 6.45) is 18.8. The van der Waals surface area contributed by atoms with E-state index in [1.165, 1.54) is 63.9 Å². The molecule has 1 aromatic carbocycles. The van der Waals surface area contributed by atoms with Crippen molar-refractivity contribution in [1.82, 2.24) is 0 Å². The van der Waals surface area contributed by atoms with Crippen molar-refractivity contribution in [1.29, 1.82) is 5.26 Å². The number of aromatic hydroxyl groups is 1. The van der Waals surface area contributed by atoms with E-state index in [-0.39, 0.29) is 11.3 Å². The van der Waals surface area contributed by atoms with Crippen LogP contribution in [-0.4, -0.2) is 16.2 Å². The molecular weight excluding hydrogens is 338 g/mol. The molecule has 0 heterocycles. The number of aryl methyl sites for hydroxylation is 1. The maximum Gasteiger partial charge on any atom is 0.339 e. The van der Waals surface area contributed by atoms with E-state index in [4.69, 9.17) is 5.26 Å². The lowest BCUT2D eigenvalue weighted by Gasteiger charge is -2.07. The lowest BCUT2D eigenvalue weighted by Crippen LogP contribution is -2.03. The molecule has 0 saturated heterocycles. The molecule has 0 amide bonds. The van der Waals surface area contributed by atoms with Crippen molar-refractivity contribution in [2.45, 2.75) is 84.0 Å².